The van der Waals surface area contributed by atoms with Crippen molar-refractivity contribution < 1.29 is 35.6 Å². The van der Waals surface area contributed by atoms with Crippen molar-refractivity contribution in [2.45, 2.75) is 61.6 Å². The van der Waals surface area contributed by atoms with Gasteiger partial charge < -0.3 is 9.64 Å². The summed E-state index contributed by atoms with van der Waals surface area (Å²) in [6, 6.07) is 17.6. The molecule has 2 fully saturated rings. The Balaban J connectivity index is 1.55. The first-order chi connectivity index (χ1) is 22.2. The molecule has 0 unspecified atom stereocenters. The molecule has 1 heterocycles. The summed E-state index contributed by atoms with van der Waals surface area (Å²) in [5.74, 6) is -2.21. The molecule has 1 saturated carbocycles. The molecule has 47 heavy (non-hydrogen) atoms. The molecular weight excluding hydrogens is 692 g/mol. The van der Waals surface area contributed by atoms with Crippen LogP contribution in [0.3, 0.4) is 0 Å². The zero-order valence-electron chi connectivity index (χ0n) is 25.5. The van der Waals surface area contributed by atoms with E-state index in [9.17, 15) is 30.8 Å². The average molecular weight is 727 g/mol. The molecule has 0 aromatic heterocycles. The van der Waals surface area contributed by atoms with Gasteiger partial charge in [0.25, 0.3) is 5.91 Å². The molecule has 3 aromatic rings. The molecule has 15 heteroatoms. The molecular formula is C32H34Cl2FN3O7S2. The lowest BCUT2D eigenvalue weighted by Gasteiger charge is -2.48. The summed E-state index contributed by atoms with van der Waals surface area (Å²) in [5.41, 5.74) is 1.26. The summed E-state index contributed by atoms with van der Waals surface area (Å²) in [6.07, 6.45) is -1.40. The first kappa shape index (κ1) is 35.2. The molecule has 2 aliphatic rings. The van der Waals surface area contributed by atoms with Crippen LogP contribution in [-0.2, 0) is 39.1 Å². The summed E-state index contributed by atoms with van der Waals surface area (Å²) in [7, 11) is -8.05. The van der Waals surface area contributed by atoms with Gasteiger partial charge in [-0.2, -0.15) is 0 Å². The third-order valence-electron chi connectivity index (χ3n) is 8.44. The number of sulfonamides is 2. The van der Waals surface area contributed by atoms with Crippen LogP contribution in [-0.4, -0.2) is 58.5 Å². The lowest BCUT2D eigenvalue weighted by Crippen LogP contribution is -2.58. The normalized spacial score (nSPS) is 21.7. The minimum Gasteiger partial charge on any atom is -0.357 e. The van der Waals surface area contributed by atoms with Crippen LogP contribution in [0, 0.1) is 5.82 Å². The number of halogens is 3. The van der Waals surface area contributed by atoms with Gasteiger partial charge in [-0.1, -0.05) is 72.6 Å². The van der Waals surface area contributed by atoms with Crippen molar-refractivity contribution in [3.8, 4) is 0 Å². The number of nitrogens with one attached hydrogen (secondary N) is 2. The number of hydrogen-bond donors (Lipinski definition) is 2. The van der Waals surface area contributed by atoms with Crippen LogP contribution in [0.25, 0.3) is 0 Å². The molecule has 1 aliphatic heterocycles. The molecule has 0 radical (unpaired) electrons. The fraction of sp³-hybridized carbons (Fsp3) is 0.375. The summed E-state index contributed by atoms with van der Waals surface area (Å²) in [5, 5.41) is 0.833. The number of ether oxygens (including phenoxy) is 1. The Morgan fingerprint density at radius 2 is 1.68 bits per heavy atom. The number of morpholine rings is 1. The van der Waals surface area contributed by atoms with E-state index in [-0.39, 0.29) is 31.4 Å². The molecule has 10 nitrogen and oxygen atoms in total. The number of rotatable bonds is 12. The highest BCUT2D eigenvalue weighted by Crippen LogP contribution is 2.53. The average Bonchev–Trinajstić information content (AvgIpc) is 3.81. The molecule has 4 atom stereocenters. The molecule has 2 amide bonds. The van der Waals surface area contributed by atoms with Crippen molar-refractivity contribution in [3.63, 3.8) is 0 Å². The largest absolute Gasteiger partial charge is 0.357 e. The number of hydrogen-bond acceptors (Lipinski definition) is 7. The van der Waals surface area contributed by atoms with E-state index in [1.807, 2.05) is 4.72 Å². The van der Waals surface area contributed by atoms with E-state index < -0.39 is 73.1 Å². The number of carbonyl (C=O) groups is 2. The van der Waals surface area contributed by atoms with Crippen molar-refractivity contribution >= 4 is 55.1 Å². The van der Waals surface area contributed by atoms with E-state index in [0.717, 1.165) is 6.26 Å². The summed E-state index contributed by atoms with van der Waals surface area (Å²) in [4.78, 5) is 28.5. The second-order valence-electron chi connectivity index (χ2n) is 11.7. The fourth-order valence-corrected chi connectivity index (χ4v) is 8.67. The Hall–Kier alpha value is -3.07. The van der Waals surface area contributed by atoms with E-state index >= 15 is 0 Å². The standard InChI is InChI=1S/C32H34Cl2FN3O7S2/c1-3-24(19-36-47(43,44)32(15-16-32)25-9-4-5-10-26(25)35)38-29(20-11-13-22(33)14-12-20)30(21-7-6-8-23(34)17-21)45-27(31(38)40)18-28(39)37-46(2,41)42/h4-14,17,24,27,29-30,36H,3,15-16,18-19H2,1-2H3,(H,37,39)/t24-,27-,29+,30+/m0/s1. The van der Waals surface area contributed by atoms with Crippen LogP contribution in [0.4, 0.5) is 4.39 Å². The van der Waals surface area contributed by atoms with Gasteiger partial charge in [-0.3, -0.25) is 14.3 Å². The molecule has 3 aromatic carbocycles. The molecule has 252 valence electrons. The Morgan fingerprint density at radius 3 is 2.28 bits per heavy atom. The van der Waals surface area contributed by atoms with Crippen molar-refractivity contribution in [2.24, 2.45) is 0 Å². The van der Waals surface area contributed by atoms with Crippen LogP contribution >= 0.6 is 23.2 Å². The maximum atomic E-state index is 14.8. The second-order valence-corrected chi connectivity index (χ2v) is 16.4. The molecule has 1 aliphatic carbocycles. The smallest absolute Gasteiger partial charge is 0.253 e. The van der Waals surface area contributed by atoms with Gasteiger partial charge in [-0.15, -0.1) is 0 Å². The summed E-state index contributed by atoms with van der Waals surface area (Å²) in [6.45, 7) is 1.56. The maximum absolute atomic E-state index is 14.8. The van der Waals surface area contributed by atoms with Crippen LogP contribution < -0.4 is 9.44 Å². The summed E-state index contributed by atoms with van der Waals surface area (Å²) >= 11 is 12.5. The predicted molar refractivity (Wildman–Crippen MR) is 176 cm³/mol. The molecule has 1 saturated heterocycles. The van der Waals surface area contributed by atoms with E-state index in [1.165, 1.54) is 23.1 Å². The Kier molecular flexibility index (Phi) is 10.4. The van der Waals surface area contributed by atoms with Gasteiger partial charge in [0.15, 0.2) is 0 Å². The number of benzene rings is 3. The maximum Gasteiger partial charge on any atom is 0.253 e. The first-order valence-electron chi connectivity index (χ1n) is 14.9. The van der Waals surface area contributed by atoms with Gasteiger partial charge in [0.2, 0.25) is 26.0 Å². The van der Waals surface area contributed by atoms with Crippen molar-refractivity contribution in [1.29, 1.82) is 0 Å². The van der Waals surface area contributed by atoms with E-state index in [2.05, 4.69) is 4.72 Å². The minimum atomic E-state index is -4.12. The molecule has 0 bridgehead atoms. The van der Waals surface area contributed by atoms with Gasteiger partial charge in [0, 0.05) is 28.2 Å². The van der Waals surface area contributed by atoms with Gasteiger partial charge in [-0.25, -0.2) is 25.9 Å². The van der Waals surface area contributed by atoms with Crippen LogP contribution in [0.2, 0.25) is 10.0 Å². The van der Waals surface area contributed by atoms with E-state index in [1.54, 1.807) is 61.5 Å². The quantitative estimate of drug-likeness (QED) is 0.268. The predicted octanol–water partition coefficient (Wildman–Crippen LogP) is 5.00. The summed E-state index contributed by atoms with van der Waals surface area (Å²) < 4.78 is 75.2. The van der Waals surface area contributed by atoms with Crippen LogP contribution in [0.5, 0.6) is 0 Å². The zero-order chi connectivity index (χ0) is 34.1. The van der Waals surface area contributed by atoms with Crippen LogP contribution in [0.1, 0.15) is 61.4 Å². The highest BCUT2D eigenvalue weighted by molar-refractivity contribution is 7.90. The van der Waals surface area contributed by atoms with Crippen molar-refractivity contribution in [1.82, 2.24) is 14.3 Å². The SMILES string of the molecule is CC[C@@H](CNS(=O)(=O)C1(c2ccccc2F)CC1)N1C(=O)[C@H](CC(=O)NS(C)(=O)=O)O[C@H](c2cccc(Cl)c2)[C@H]1c1ccc(Cl)cc1. The highest BCUT2D eigenvalue weighted by Gasteiger charge is 2.57. The van der Waals surface area contributed by atoms with E-state index in [0.29, 0.717) is 21.2 Å². The topological polar surface area (TPSA) is 139 Å². The molecule has 0 spiro atoms. The highest BCUT2D eigenvalue weighted by atomic mass is 35.5. The fourth-order valence-electron chi connectivity index (χ4n) is 6.07. The number of amides is 2. The van der Waals surface area contributed by atoms with Gasteiger partial charge in [0.1, 0.15) is 22.8 Å². The third kappa shape index (κ3) is 7.65. The van der Waals surface area contributed by atoms with Gasteiger partial charge in [0.05, 0.1) is 18.7 Å². The van der Waals surface area contributed by atoms with Crippen LogP contribution in [0.15, 0.2) is 72.8 Å². The first-order valence-corrected chi connectivity index (χ1v) is 19.0. The molecule has 5 rings (SSSR count). The van der Waals surface area contributed by atoms with Gasteiger partial charge in [-0.05, 0) is 60.7 Å². The monoisotopic (exact) mass is 725 g/mol. The number of carbonyl (C=O) groups excluding carboxylic acids is 2. The Morgan fingerprint density at radius 1 is 1.00 bits per heavy atom. The third-order valence-corrected chi connectivity index (χ3v) is 11.7. The van der Waals surface area contributed by atoms with Crippen molar-refractivity contribution in [2.75, 3.05) is 12.8 Å². The lowest BCUT2D eigenvalue weighted by molar-refractivity contribution is -0.181. The van der Waals surface area contributed by atoms with Crippen molar-refractivity contribution in [3.05, 3.63) is 105 Å². The second kappa shape index (κ2) is 13.8. The zero-order valence-corrected chi connectivity index (χ0v) is 28.7. The minimum absolute atomic E-state index is 0.0833. The Labute approximate surface area is 283 Å². The van der Waals surface area contributed by atoms with E-state index in [4.69, 9.17) is 27.9 Å². The molecule has 2 N–H and O–H groups in total. The number of nitrogens with zero attached hydrogens (tertiary/aromatic N) is 1. The van der Waals surface area contributed by atoms with Gasteiger partial charge >= 0.3 is 0 Å². The lowest BCUT2D eigenvalue weighted by atomic mass is 9.89. The Bertz CT molecular complexity index is 1870.